The van der Waals surface area contributed by atoms with Crippen molar-refractivity contribution in [3.05, 3.63) is 41.5 Å². The molecule has 1 heterocycles. The zero-order valence-corrected chi connectivity index (χ0v) is 9.77. The van der Waals surface area contributed by atoms with Crippen molar-refractivity contribution >= 4 is 5.97 Å². The van der Waals surface area contributed by atoms with Crippen LogP contribution in [0.3, 0.4) is 0 Å². The van der Waals surface area contributed by atoms with E-state index in [4.69, 9.17) is 4.74 Å². The van der Waals surface area contributed by atoms with Crippen LogP contribution in [0.2, 0.25) is 0 Å². The number of methoxy groups -OCH3 is 1. The van der Waals surface area contributed by atoms with Crippen LogP contribution in [0.1, 0.15) is 28.9 Å². The van der Waals surface area contributed by atoms with E-state index in [1.807, 2.05) is 0 Å². The summed E-state index contributed by atoms with van der Waals surface area (Å²) in [4.78, 5) is 11.4. The fourth-order valence-corrected chi connectivity index (χ4v) is 1.87. The minimum absolute atomic E-state index is 0.399. The molecule has 0 aliphatic carbocycles. The van der Waals surface area contributed by atoms with E-state index >= 15 is 0 Å². The molecule has 17 heavy (non-hydrogen) atoms. The molecule has 4 nitrogen and oxygen atoms in total. The Morgan fingerprint density at radius 3 is 2.82 bits per heavy atom. The van der Waals surface area contributed by atoms with E-state index in [-0.39, 0.29) is 0 Å². The number of aliphatic hydroxyl groups excluding tert-OH is 1. The molecule has 0 fully saturated rings. The number of carbonyl (C=O) groups excluding carboxylic acids is 1. The number of benzene rings is 1. The molecule has 0 amide bonds. The van der Waals surface area contributed by atoms with Gasteiger partial charge in [0.05, 0.1) is 12.7 Å². The first kappa shape index (κ1) is 11.7. The highest BCUT2D eigenvalue weighted by Gasteiger charge is 2.33. The van der Waals surface area contributed by atoms with E-state index in [1.165, 1.54) is 7.11 Å². The Morgan fingerprint density at radius 1 is 1.53 bits per heavy atom. The van der Waals surface area contributed by atoms with Gasteiger partial charge in [-0.3, -0.25) is 0 Å². The highest BCUT2D eigenvalue weighted by molar-refractivity contribution is 5.89. The average molecular weight is 234 g/mol. The van der Waals surface area contributed by atoms with Gasteiger partial charge < -0.3 is 14.6 Å². The molecule has 0 unspecified atom stereocenters. The summed E-state index contributed by atoms with van der Waals surface area (Å²) in [5.74, 6) is 0.150. The first-order valence-corrected chi connectivity index (χ1v) is 5.27. The fourth-order valence-electron chi connectivity index (χ4n) is 1.87. The van der Waals surface area contributed by atoms with Gasteiger partial charge in [-0.1, -0.05) is 6.58 Å². The number of hydrogen-bond donors (Lipinski definition) is 1. The van der Waals surface area contributed by atoms with Gasteiger partial charge >= 0.3 is 5.97 Å². The molecule has 0 saturated heterocycles. The van der Waals surface area contributed by atoms with E-state index in [9.17, 15) is 9.90 Å². The molecule has 1 aromatic rings. The average Bonchev–Trinajstić information content (AvgIpc) is 2.65. The van der Waals surface area contributed by atoms with Crippen LogP contribution in [-0.2, 0) is 4.74 Å². The largest absolute Gasteiger partial charge is 0.483 e. The summed E-state index contributed by atoms with van der Waals surface area (Å²) in [5, 5.41) is 10.1. The monoisotopic (exact) mass is 234 g/mol. The molecule has 2 rings (SSSR count). The van der Waals surface area contributed by atoms with Gasteiger partial charge in [0, 0.05) is 5.56 Å². The van der Waals surface area contributed by atoms with Gasteiger partial charge in [0.15, 0.2) is 0 Å². The Bertz CT molecular complexity index is 478. The minimum Gasteiger partial charge on any atom is -0.483 e. The molecule has 0 spiro atoms. The summed E-state index contributed by atoms with van der Waals surface area (Å²) < 4.78 is 10.2. The molecule has 0 saturated carbocycles. The number of esters is 1. The summed E-state index contributed by atoms with van der Waals surface area (Å²) in [5.41, 5.74) is 1.74. The quantitative estimate of drug-likeness (QED) is 0.626. The van der Waals surface area contributed by atoms with Gasteiger partial charge in [0.1, 0.15) is 18.0 Å². The van der Waals surface area contributed by atoms with Crippen LogP contribution < -0.4 is 4.74 Å². The van der Waals surface area contributed by atoms with Gasteiger partial charge in [-0.2, -0.15) is 0 Å². The van der Waals surface area contributed by atoms with Gasteiger partial charge in [-0.05, 0) is 30.7 Å². The highest BCUT2D eigenvalue weighted by Crippen LogP contribution is 2.39. The topological polar surface area (TPSA) is 55.8 Å². The first-order valence-electron chi connectivity index (χ1n) is 5.27. The summed E-state index contributed by atoms with van der Waals surface area (Å²) in [7, 11) is 1.32. The summed E-state index contributed by atoms with van der Waals surface area (Å²) in [6, 6.07) is 4.86. The molecule has 0 radical (unpaired) electrons. The molecule has 1 aliphatic rings. The van der Waals surface area contributed by atoms with Gasteiger partial charge in [-0.15, -0.1) is 0 Å². The molecule has 1 aliphatic heterocycles. The maximum absolute atomic E-state index is 11.4. The third-order valence-corrected chi connectivity index (χ3v) is 2.78. The summed E-state index contributed by atoms with van der Waals surface area (Å²) in [6.45, 7) is 5.56. The number of carbonyl (C=O) groups is 1. The number of aliphatic hydroxyl groups is 1. The van der Waals surface area contributed by atoms with Crippen LogP contribution in [-0.4, -0.2) is 24.3 Å². The Kier molecular flexibility index (Phi) is 2.90. The second kappa shape index (κ2) is 4.22. The molecule has 1 N–H and O–H groups in total. The predicted octanol–water partition coefficient (Wildman–Crippen LogP) is 1.84. The SMILES string of the molecule is C=C(C)[C@H]1Oc2ccc(C(=O)OC)cc2[C@@H]1O. The normalized spacial score (nSPS) is 21.6. The van der Waals surface area contributed by atoms with E-state index < -0.39 is 18.2 Å². The van der Waals surface area contributed by atoms with E-state index in [2.05, 4.69) is 11.3 Å². The number of hydrogen-bond acceptors (Lipinski definition) is 4. The van der Waals surface area contributed by atoms with Gasteiger partial charge in [0.25, 0.3) is 0 Å². The van der Waals surface area contributed by atoms with Crippen LogP contribution in [0.5, 0.6) is 5.75 Å². The minimum atomic E-state index is -0.785. The lowest BCUT2D eigenvalue weighted by Gasteiger charge is -2.13. The Morgan fingerprint density at radius 2 is 2.24 bits per heavy atom. The van der Waals surface area contributed by atoms with Crippen molar-refractivity contribution in [2.75, 3.05) is 7.11 Å². The van der Waals surface area contributed by atoms with E-state index in [0.717, 1.165) is 5.57 Å². The second-order valence-electron chi connectivity index (χ2n) is 4.07. The Labute approximate surface area is 99.5 Å². The maximum Gasteiger partial charge on any atom is 0.337 e. The zero-order chi connectivity index (χ0) is 12.6. The van der Waals surface area contributed by atoms with Crippen molar-refractivity contribution in [3.63, 3.8) is 0 Å². The fraction of sp³-hybridized carbons (Fsp3) is 0.308. The molecule has 4 heteroatoms. The molecule has 0 aromatic heterocycles. The lowest BCUT2D eigenvalue weighted by atomic mass is 10.0. The molecule has 2 atom stereocenters. The standard InChI is InChI=1S/C13H14O4/c1-7(2)12-11(14)9-6-8(13(15)16-3)4-5-10(9)17-12/h4-6,11-12,14H,1H2,2-3H3/t11-,12+/m0/s1. The second-order valence-corrected chi connectivity index (χ2v) is 4.07. The third-order valence-electron chi connectivity index (χ3n) is 2.78. The van der Waals surface area contributed by atoms with E-state index in [1.54, 1.807) is 25.1 Å². The van der Waals surface area contributed by atoms with Crippen LogP contribution in [0.25, 0.3) is 0 Å². The highest BCUT2D eigenvalue weighted by atomic mass is 16.5. The van der Waals surface area contributed by atoms with Crippen molar-refractivity contribution in [2.45, 2.75) is 19.1 Å². The van der Waals surface area contributed by atoms with Crippen LogP contribution in [0, 0.1) is 0 Å². The summed E-state index contributed by atoms with van der Waals surface area (Å²) >= 11 is 0. The summed E-state index contributed by atoms with van der Waals surface area (Å²) in [6.07, 6.45) is -1.23. The van der Waals surface area contributed by atoms with Gasteiger partial charge in [-0.25, -0.2) is 4.79 Å². The van der Waals surface area contributed by atoms with Gasteiger partial charge in [0.2, 0.25) is 0 Å². The van der Waals surface area contributed by atoms with Crippen molar-refractivity contribution in [3.8, 4) is 5.75 Å². The molecular formula is C13H14O4. The molecule has 90 valence electrons. The maximum atomic E-state index is 11.4. The van der Waals surface area contributed by atoms with Crippen molar-refractivity contribution in [2.24, 2.45) is 0 Å². The number of fused-ring (bicyclic) bond motifs is 1. The number of rotatable bonds is 2. The van der Waals surface area contributed by atoms with Crippen LogP contribution in [0.15, 0.2) is 30.4 Å². The Hall–Kier alpha value is -1.81. The molecule has 0 bridgehead atoms. The third kappa shape index (κ3) is 1.91. The first-order chi connectivity index (χ1) is 8.04. The number of ether oxygens (including phenoxy) is 2. The van der Waals surface area contributed by atoms with Crippen molar-refractivity contribution in [1.82, 2.24) is 0 Å². The lowest BCUT2D eigenvalue weighted by Crippen LogP contribution is -2.19. The van der Waals surface area contributed by atoms with Crippen LogP contribution in [0.4, 0.5) is 0 Å². The van der Waals surface area contributed by atoms with Crippen molar-refractivity contribution in [1.29, 1.82) is 0 Å². The van der Waals surface area contributed by atoms with E-state index in [0.29, 0.717) is 16.9 Å². The smallest absolute Gasteiger partial charge is 0.337 e. The predicted molar refractivity (Wildman–Crippen MR) is 62.0 cm³/mol. The molecular weight excluding hydrogens is 220 g/mol. The molecule has 1 aromatic carbocycles. The van der Waals surface area contributed by atoms with Crippen molar-refractivity contribution < 1.29 is 19.4 Å². The van der Waals surface area contributed by atoms with Crippen LogP contribution >= 0.6 is 0 Å². The zero-order valence-electron chi connectivity index (χ0n) is 9.77. The lowest BCUT2D eigenvalue weighted by molar-refractivity contribution is 0.0600. The Balaban J connectivity index is 2.37.